The van der Waals surface area contributed by atoms with Crippen molar-refractivity contribution in [2.24, 2.45) is 11.5 Å². The lowest BCUT2D eigenvalue weighted by atomic mass is 10.2. The standard InChI is InChI=1S/C5H8N2O5.C4H7NO4/c6-5(12)7-2(4(10)11)1-3(8)9;5-2(4(8)9)1-3(6)7/h2H,1H2,(H,8,9)(H,10,11)(H3,6,7,12);2H,1,5H2,(H,6,7)(H,8,9)/t2*2-/m00/s1. The van der Waals surface area contributed by atoms with Crippen LogP contribution in [0.15, 0.2) is 0 Å². The Bertz CT molecular complexity index is 407. The van der Waals surface area contributed by atoms with Crippen molar-refractivity contribution in [3.63, 3.8) is 0 Å². The smallest absolute Gasteiger partial charge is 0.326 e. The van der Waals surface area contributed by atoms with Gasteiger partial charge in [-0.25, -0.2) is 9.59 Å². The van der Waals surface area contributed by atoms with Gasteiger partial charge in [0.2, 0.25) is 0 Å². The summed E-state index contributed by atoms with van der Waals surface area (Å²) in [6.45, 7) is 0. The van der Waals surface area contributed by atoms with E-state index in [2.05, 4.69) is 5.73 Å². The lowest BCUT2D eigenvalue weighted by molar-refractivity contribution is -0.145. The van der Waals surface area contributed by atoms with Crippen molar-refractivity contribution in [1.29, 1.82) is 0 Å². The van der Waals surface area contributed by atoms with E-state index in [0.717, 1.165) is 0 Å². The number of urea groups is 1. The monoisotopic (exact) mass is 309 g/mol. The maximum absolute atomic E-state index is 10.2. The molecule has 0 saturated heterocycles. The highest BCUT2D eigenvalue weighted by atomic mass is 16.4. The minimum Gasteiger partial charge on any atom is -0.481 e. The van der Waals surface area contributed by atoms with Gasteiger partial charge in [-0.2, -0.15) is 0 Å². The number of nitrogens with one attached hydrogen (secondary N) is 1. The van der Waals surface area contributed by atoms with Gasteiger partial charge in [-0.3, -0.25) is 14.4 Å². The number of hydrogen-bond donors (Lipinski definition) is 7. The number of rotatable bonds is 7. The molecular weight excluding hydrogens is 294 g/mol. The Kier molecular flexibility index (Phi) is 9.69. The first-order valence-electron chi connectivity index (χ1n) is 5.18. The fraction of sp³-hybridized carbons (Fsp3) is 0.444. The number of carboxylic acids is 4. The molecule has 0 fully saturated rings. The summed E-state index contributed by atoms with van der Waals surface area (Å²) in [7, 11) is 0. The molecule has 0 aromatic carbocycles. The number of amides is 2. The first-order valence-corrected chi connectivity index (χ1v) is 5.18. The van der Waals surface area contributed by atoms with Crippen LogP contribution in [0.1, 0.15) is 12.8 Å². The van der Waals surface area contributed by atoms with Crippen molar-refractivity contribution >= 4 is 29.9 Å². The summed E-state index contributed by atoms with van der Waals surface area (Å²) < 4.78 is 0. The van der Waals surface area contributed by atoms with Crippen molar-refractivity contribution in [2.75, 3.05) is 0 Å². The van der Waals surface area contributed by atoms with Gasteiger partial charge in [0.05, 0.1) is 12.8 Å². The molecule has 0 rings (SSSR count). The molecule has 12 nitrogen and oxygen atoms in total. The van der Waals surface area contributed by atoms with Gasteiger partial charge in [0.25, 0.3) is 0 Å². The number of carboxylic acid groups (broad SMARTS) is 4. The molecule has 2 atom stereocenters. The van der Waals surface area contributed by atoms with Crippen LogP contribution in [0.3, 0.4) is 0 Å². The van der Waals surface area contributed by atoms with Crippen LogP contribution in [0.5, 0.6) is 0 Å². The number of primary amides is 1. The van der Waals surface area contributed by atoms with Gasteiger partial charge in [0.15, 0.2) is 0 Å². The maximum Gasteiger partial charge on any atom is 0.326 e. The van der Waals surface area contributed by atoms with Crippen LogP contribution in [0.25, 0.3) is 0 Å². The molecule has 0 aromatic rings. The van der Waals surface area contributed by atoms with E-state index < -0.39 is 54.8 Å². The van der Waals surface area contributed by atoms with Gasteiger partial charge in [-0.1, -0.05) is 0 Å². The second-order valence-electron chi connectivity index (χ2n) is 3.54. The number of hydrogen-bond acceptors (Lipinski definition) is 6. The Morgan fingerprint density at radius 1 is 0.857 bits per heavy atom. The van der Waals surface area contributed by atoms with Crippen LogP contribution < -0.4 is 16.8 Å². The van der Waals surface area contributed by atoms with Crippen molar-refractivity contribution < 1.29 is 44.4 Å². The first kappa shape index (κ1) is 20.4. The van der Waals surface area contributed by atoms with Crippen LogP contribution in [-0.2, 0) is 19.2 Å². The predicted octanol–water partition coefficient (Wildman–Crippen LogP) is -2.54. The predicted molar refractivity (Wildman–Crippen MR) is 64.3 cm³/mol. The lowest BCUT2D eigenvalue weighted by Crippen LogP contribution is -2.44. The molecule has 0 radical (unpaired) electrons. The Hall–Kier alpha value is -2.89. The number of carbonyl (C=O) groups is 5. The molecule has 0 spiro atoms. The fourth-order valence-electron chi connectivity index (χ4n) is 0.822. The third-order valence-electron chi connectivity index (χ3n) is 1.71. The third kappa shape index (κ3) is 13.3. The van der Waals surface area contributed by atoms with E-state index in [1.54, 1.807) is 5.32 Å². The molecule has 0 aliphatic heterocycles. The molecule has 2 amide bonds. The Morgan fingerprint density at radius 3 is 1.48 bits per heavy atom. The van der Waals surface area contributed by atoms with Crippen molar-refractivity contribution in [1.82, 2.24) is 5.32 Å². The highest BCUT2D eigenvalue weighted by Gasteiger charge is 2.21. The maximum atomic E-state index is 10.2. The molecule has 0 aromatic heterocycles. The van der Waals surface area contributed by atoms with Gasteiger partial charge >= 0.3 is 29.9 Å². The summed E-state index contributed by atoms with van der Waals surface area (Å²) in [6.07, 6.45) is -1.23. The molecule has 9 N–H and O–H groups in total. The van der Waals surface area contributed by atoms with E-state index >= 15 is 0 Å². The molecule has 0 saturated carbocycles. The van der Waals surface area contributed by atoms with Crippen LogP contribution >= 0.6 is 0 Å². The Labute approximate surface area is 117 Å². The SMILES string of the molecule is NC(=O)N[C@@H](CC(=O)O)C(=O)O.N[C@@H](CC(=O)O)C(=O)O. The van der Waals surface area contributed by atoms with Gasteiger partial charge in [0.1, 0.15) is 12.1 Å². The summed E-state index contributed by atoms with van der Waals surface area (Å²) in [5.74, 6) is -5.25. The van der Waals surface area contributed by atoms with E-state index in [9.17, 15) is 24.0 Å². The van der Waals surface area contributed by atoms with E-state index in [1.807, 2.05) is 0 Å². The van der Waals surface area contributed by atoms with Gasteiger partial charge in [-0.15, -0.1) is 0 Å². The highest BCUT2D eigenvalue weighted by molar-refractivity contribution is 5.85. The lowest BCUT2D eigenvalue weighted by Gasteiger charge is -2.08. The average molecular weight is 309 g/mol. The topological polar surface area (TPSA) is 230 Å². The summed E-state index contributed by atoms with van der Waals surface area (Å²) in [5.41, 5.74) is 9.44. The molecule has 0 bridgehead atoms. The molecule has 120 valence electrons. The first-order chi connectivity index (χ1) is 9.47. The second-order valence-corrected chi connectivity index (χ2v) is 3.54. The summed E-state index contributed by atoms with van der Waals surface area (Å²) in [6, 6.07) is -3.83. The Morgan fingerprint density at radius 2 is 1.29 bits per heavy atom. The van der Waals surface area contributed by atoms with Gasteiger partial charge in [0, 0.05) is 0 Å². The third-order valence-corrected chi connectivity index (χ3v) is 1.71. The molecule has 0 heterocycles. The van der Waals surface area contributed by atoms with Crippen molar-refractivity contribution in [2.45, 2.75) is 24.9 Å². The number of carbonyl (C=O) groups excluding carboxylic acids is 1. The zero-order valence-electron chi connectivity index (χ0n) is 10.6. The normalized spacial score (nSPS) is 12.0. The minimum atomic E-state index is -1.47. The second kappa shape index (κ2) is 9.96. The van der Waals surface area contributed by atoms with E-state index in [4.69, 9.17) is 26.2 Å². The van der Waals surface area contributed by atoms with Crippen LogP contribution in [0.2, 0.25) is 0 Å². The van der Waals surface area contributed by atoms with Crippen molar-refractivity contribution in [3.8, 4) is 0 Å². The Balaban J connectivity index is 0. The van der Waals surface area contributed by atoms with E-state index in [-0.39, 0.29) is 0 Å². The number of aliphatic carboxylic acids is 4. The van der Waals surface area contributed by atoms with Gasteiger partial charge < -0.3 is 37.2 Å². The quantitative estimate of drug-likeness (QED) is 0.260. The molecule has 0 unspecified atom stereocenters. The zero-order valence-corrected chi connectivity index (χ0v) is 10.6. The molecule has 12 heteroatoms. The molecular formula is C9H15N3O9. The van der Waals surface area contributed by atoms with Crippen molar-refractivity contribution in [3.05, 3.63) is 0 Å². The summed E-state index contributed by atoms with van der Waals surface area (Å²) in [4.78, 5) is 50.0. The zero-order chi connectivity index (χ0) is 17.2. The van der Waals surface area contributed by atoms with Crippen LogP contribution in [0, 0.1) is 0 Å². The highest BCUT2D eigenvalue weighted by Crippen LogP contribution is 1.91. The van der Waals surface area contributed by atoms with E-state index in [1.165, 1.54) is 0 Å². The summed E-state index contributed by atoms with van der Waals surface area (Å²) >= 11 is 0. The van der Waals surface area contributed by atoms with Gasteiger partial charge in [-0.05, 0) is 0 Å². The molecule has 0 aliphatic carbocycles. The minimum absolute atomic E-state index is 0.532. The molecule has 21 heavy (non-hydrogen) atoms. The van der Waals surface area contributed by atoms with Crippen LogP contribution in [-0.4, -0.2) is 62.4 Å². The summed E-state index contributed by atoms with van der Waals surface area (Å²) in [5, 5.41) is 34.3. The average Bonchev–Trinajstić information content (AvgIpc) is 2.26. The van der Waals surface area contributed by atoms with E-state index in [0.29, 0.717) is 0 Å². The molecule has 0 aliphatic rings. The number of nitrogens with two attached hydrogens (primary N) is 2. The largest absolute Gasteiger partial charge is 0.481 e. The van der Waals surface area contributed by atoms with Crippen LogP contribution in [0.4, 0.5) is 4.79 Å². The fourth-order valence-corrected chi connectivity index (χ4v) is 0.822.